The molecule has 1 saturated heterocycles. The van der Waals surface area contributed by atoms with Gasteiger partial charge in [0.1, 0.15) is 11.6 Å². The Bertz CT molecular complexity index is 892. The highest BCUT2D eigenvalue weighted by Crippen LogP contribution is 2.39. The SMILES string of the molecule is Fc1ccc(CCNc2nccn3c([C@@H]4CCCS4)nnc23)c(F)c1. The zero-order valence-corrected chi connectivity index (χ0v) is 14.3. The Hall–Kier alpha value is -2.22. The van der Waals surface area contributed by atoms with Gasteiger partial charge in [0.15, 0.2) is 11.6 Å². The van der Waals surface area contributed by atoms with Crippen LogP contribution in [0.1, 0.15) is 29.5 Å². The summed E-state index contributed by atoms with van der Waals surface area (Å²) in [6.07, 6.45) is 6.31. The Labute approximate surface area is 147 Å². The summed E-state index contributed by atoms with van der Waals surface area (Å²) in [7, 11) is 0. The highest BCUT2D eigenvalue weighted by atomic mass is 32.2. The van der Waals surface area contributed by atoms with Gasteiger partial charge in [0.25, 0.3) is 0 Å². The van der Waals surface area contributed by atoms with E-state index in [4.69, 9.17) is 0 Å². The lowest BCUT2D eigenvalue weighted by Crippen LogP contribution is -2.09. The molecule has 0 amide bonds. The van der Waals surface area contributed by atoms with Crippen molar-refractivity contribution in [3.05, 3.63) is 53.6 Å². The fourth-order valence-corrected chi connectivity index (χ4v) is 4.27. The number of anilines is 1. The van der Waals surface area contributed by atoms with Crippen molar-refractivity contribution in [3.63, 3.8) is 0 Å². The highest BCUT2D eigenvalue weighted by molar-refractivity contribution is 7.99. The first-order valence-corrected chi connectivity index (χ1v) is 9.26. The van der Waals surface area contributed by atoms with Crippen LogP contribution in [0.5, 0.6) is 0 Å². The maximum Gasteiger partial charge on any atom is 0.203 e. The van der Waals surface area contributed by atoms with E-state index >= 15 is 0 Å². The summed E-state index contributed by atoms with van der Waals surface area (Å²) in [6.45, 7) is 0.468. The van der Waals surface area contributed by atoms with E-state index in [2.05, 4.69) is 20.5 Å². The Morgan fingerprint density at radius 2 is 2.20 bits per heavy atom. The van der Waals surface area contributed by atoms with E-state index < -0.39 is 11.6 Å². The summed E-state index contributed by atoms with van der Waals surface area (Å²) in [5.41, 5.74) is 1.13. The second-order valence-corrected chi connectivity index (χ2v) is 7.25. The number of thioether (sulfide) groups is 1. The van der Waals surface area contributed by atoms with Crippen LogP contribution in [0.4, 0.5) is 14.6 Å². The zero-order chi connectivity index (χ0) is 17.2. The minimum absolute atomic E-state index is 0.374. The van der Waals surface area contributed by atoms with E-state index in [1.54, 1.807) is 6.20 Å². The Balaban J connectivity index is 1.50. The molecule has 2 aromatic heterocycles. The maximum atomic E-state index is 13.7. The van der Waals surface area contributed by atoms with Gasteiger partial charge in [0.05, 0.1) is 5.25 Å². The van der Waals surface area contributed by atoms with E-state index in [1.807, 2.05) is 22.4 Å². The van der Waals surface area contributed by atoms with E-state index in [1.165, 1.54) is 18.6 Å². The van der Waals surface area contributed by atoms with Gasteiger partial charge in [-0.1, -0.05) is 6.07 Å². The average Bonchev–Trinajstić information content (AvgIpc) is 3.26. The van der Waals surface area contributed by atoms with Crippen LogP contribution < -0.4 is 5.32 Å². The normalized spacial score (nSPS) is 17.3. The third-order valence-electron chi connectivity index (χ3n) is 4.27. The van der Waals surface area contributed by atoms with Gasteiger partial charge in [0, 0.05) is 25.0 Å². The molecule has 0 unspecified atom stereocenters. The summed E-state index contributed by atoms with van der Waals surface area (Å²) >= 11 is 1.90. The molecule has 3 aromatic rings. The molecular formula is C17H17F2N5S. The van der Waals surface area contributed by atoms with Crippen LogP contribution in [0, 0.1) is 11.6 Å². The van der Waals surface area contributed by atoms with Gasteiger partial charge in [-0.05, 0) is 36.6 Å². The lowest BCUT2D eigenvalue weighted by atomic mass is 10.1. The molecule has 0 spiro atoms. The van der Waals surface area contributed by atoms with Gasteiger partial charge >= 0.3 is 0 Å². The molecule has 4 rings (SSSR count). The molecule has 1 aliphatic heterocycles. The molecular weight excluding hydrogens is 344 g/mol. The van der Waals surface area contributed by atoms with Crippen molar-refractivity contribution in [2.45, 2.75) is 24.5 Å². The van der Waals surface area contributed by atoms with Crippen LogP contribution in [0.2, 0.25) is 0 Å². The molecule has 1 N–H and O–H groups in total. The van der Waals surface area contributed by atoms with Gasteiger partial charge in [0.2, 0.25) is 5.65 Å². The second kappa shape index (κ2) is 6.95. The summed E-state index contributed by atoms with van der Waals surface area (Å²) in [6, 6.07) is 3.63. The Morgan fingerprint density at radius 3 is 3.00 bits per heavy atom. The molecule has 25 heavy (non-hydrogen) atoms. The first-order valence-electron chi connectivity index (χ1n) is 8.21. The number of aromatic nitrogens is 4. The van der Waals surface area contributed by atoms with Gasteiger partial charge < -0.3 is 5.32 Å². The fraction of sp³-hybridized carbons (Fsp3) is 0.353. The maximum absolute atomic E-state index is 13.7. The van der Waals surface area contributed by atoms with Crippen LogP contribution in [-0.4, -0.2) is 31.9 Å². The lowest BCUT2D eigenvalue weighted by molar-refractivity contribution is 0.572. The Kier molecular flexibility index (Phi) is 4.52. The van der Waals surface area contributed by atoms with Crippen LogP contribution in [-0.2, 0) is 6.42 Å². The van der Waals surface area contributed by atoms with E-state index in [0.717, 1.165) is 24.1 Å². The number of hydrogen-bond donors (Lipinski definition) is 1. The predicted molar refractivity (Wildman–Crippen MR) is 93.8 cm³/mol. The van der Waals surface area contributed by atoms with Crippen molar-refractivity contribution in [3.8, 4) is 0 Å². The quantitative estimate of drug-likeness (QED) is 0.752. The van der Waals surface area contributed by atoms with E-state index in [0.29, 0.717) is 35.2 Å². The molecule has 0 radical (unpaired) electrons. The number of nitrogens with zero attached hydrogens (tertiary/aromatic N) is 4. The van der Waals surface area contributed by atoms with Crippen LogP contribution >= 0.6 is 11.8 Å². The average molecular weight is 361 g/mol. The minimum Gasteiger partial charge on any atom is -0.367 e. The third-order valence-corrected chi connectivity index (χ3v) is 5.65. The monoisotopic (exact) mass is 361 g/mol. The predicted octanol–water partition coefficient (Wildman–Crippen LogP) is 3.63. The number of benzene rings is 1. The lowest BCUT2D eigenvalue weighted by Gasteiger charge is -2.09. The second-order valence-electron chi connectivity index (χ2n) is 5.94. The molecule has 0 bridgehead atoms. The highest BCUT2D eigenvalue weighted by Gasteiger charge is 2.23. The van der Waals surface area contributed by atoms with Crippen molar-refractivity contribution >= 4 is 23.2 Å². The number of hydrogen-bond acceptors (Lipinski definition) is 5. The Morgan fingerprint density at radius 1 is 1.28 bits per heavy atom. The molecule has 1 fully saturated rings. The molecule has 1 aromatic carbocycles. The van der Waals surface area contributed by atoms with Crippen LogP contribution in [0.25, 0.3) is 5.65 Å². The topological polar surface area (TPSA) is 55.1 Å². The van der Waals surface area contributed by atoms with Gasteiger partial charge in [-0.2, -0.15) is 11.8 Å². The van der Waals surface area contributed by atoms with Crippen molar-refractivity contribution < 1.29 is 8.78 Å². The number of nitrogens with one attached hydrogen (secondary N) is 1. The summed E-state index contributed by atoms with van der Waals surface area (Å²) < 4.78 is 28.6. The van der Waals surface area contributed by atoms with Crippen LogP contribution in [0.3, 0.4) is 0 Å². The van der Waals surface area contributed by atoms with Crippen molar-refractivity contribution in [1.29, 1.82) is 0 Å². The van der Waals surface area contributed by atoms with Gasteiger partial charge in [-0.3, -0.25) is 4.40 Å². The molecule has 8 heteroatoms. The van der Waals surface area contributed by atoms with Crippen molar-refractivity contribution in [1.82, 2.24) is 19.6 Å². The molecule has 5 nitrogen and oxygen atoms in total. The van der Waals surface area contributed by atoms with Gasteiger partial charge in [-0.15, -0.1) is 10.2 Å². The first-order chi connectivity index (χ1) is 12.2. The summed E-state index contributed by atoms with van der Waals surface area (Å²) in [4.78, 5) is 4.32. The molecule has 1 atom stereocenters. The van der Waals surface area contributed by atoms with E-state index in [-0.39, 0.29) is 0 Å². The smallest absolute Gasteiger partial charge is 0.203 e. The first kappa shape index (κ1) is 16.3. The minimum atomic E-state index is -0.568. The van der Waals surface area contributed by atoms with Crippen molar-refractivity contribution in [2.24, 2.45) is 0 Å². The number of halogens is 2. The molecule has 1 aliphatic rings. The standard InChI is InChI=1S/C17H17F2N5S/c18-12-4-3-11(13(19)10-12)5-6-20-15-17-23-22-16(14-2-1-9-25-14)24(17)8-7-21-15/h3-4,7-8,10,14H,1-2,5-6,9H2,(H,20,21)/t14-/m0/s1. The van der Waals surface area contributed by atoms with Crippen LogP contribution in [0.15, 0.2) is 30.6 Å². The summed E-state index contributed by atoms with van der Waals surface area (Å²) in [5, 5.41) is 12.2. The molecule has 0 aliphatic carbocycles. The number of rotatable bonds is 5. The molecule has 3 heterocycles. The van der Waals surface area contributed by atoms with Crippen molar-refractivity contribution in [2.75, 3.05) is 17.6 Å². The number of fused-ring (bicyclic) bond motifs is 1. The third kappa shape index (κ3) is 3.30. The molecule has 0 saturated carbocycles. The van der Waals surface area contributed by atoms with Gasteiger partial charge in [-0.25, -0.2) is 13.8 Å². The fourth-order valence-electron chi connectivity index (χ4n) is 3.01. The molecule has 130 valence electrons. The largest absolute Gasteiger partial charge is 0.367 e. The van der Waals surface area contributed by atoms with E-state index in [9.17, 15) is 8.78 Å². The summed E-state index contributed by atoms with van der Waals surface area (Å²) in [5.74, 6) is 1.62. The zero-order valence-electron chi connectivity index (χ0n) is 13.5.